The number of rotatable bonds is 11. The molecular formula is C30H33FN6O2S. The van der Waals surface area contributed by atoms with Crippen LogP contribution in [0.1, 0.15) is 33.1 Å². The molecule has 3 heterocycles. The number of hydrogen-bond acceptors (Lipinski definition) is 8. The number of para-hydroxylation sites is 1. The number of nitrogens with one attached hydrogen (secondary N) is 3. The standard InChI is InChI=1S/C30H33FN6O2S/c1-19(2)15-25(29(38)32-18-23-10-6-14-39-23)35-30-36-26(33-22-9-5-8-21(31)16-22)17-28(37-30)40-27-13-12-20-7-3-4-11-24(20)34-27/h3-5,7-9,11-13,16-17,19,23,25H,6,10,14-15,18H2,1-2H3,(H,32,38)(H2,33,35,36,37)/t23?,25-/m0/s1. The fourth-order valence-corrected chi connectivity index (χ4v) is 5.33. The van der Waals surface area contributed by atoms with Gasteiger partial charge in [0.15, 0.2) is 0 Å². The number of benzene rings is 2. The van der Waals surface area contributed by atoms with Gasteiger partial charge < -0.3 is 20.7 Å². The average molecular weight is 561 g/mol. The molecule has 10 heteroatoms. The molecule has 4 aromatic rings. The van der Waals surface area contributed by atoms with Gasteiger partial charge in [0.2, 0.25) is 11.9 Å². The third-order valence-electron chi connectivity index (χ3n) is 6.44. The van der Waals surface area contributed by atoms with Crippen molar-refractivity contribution < 1.29 is 13.9 Å². The van der Waals surface area contributed by atoms with Crippen LogP contribution in [-0.4, -0.2) is 46.2 Å². The Labute approximate surface area is 237 Å². The molecule has 5 rings (SSSR count). The maximum Gasteiger partial charge on any atom is 0.242 e. The summed E-state index contributed by atoms with van der Waals surface area (Å²) in [5.41, 5.74) is 1.44. The van der Waals surface area contributed by atoms with Gasteiger partial charge in [-0.25, -0.2) is 14.4 Å². The van der Waals surface area contributed by atoms with Gasteiger partial charge in [-0.1, -0.05) is 44.2 Å². The zero-order valence-electron chi connectivity index (χ0n) is 22.6. The summed E-state index contributed by atoms with van der Waals surface area (Å²) in [6.45, 7) is 5.35. The molecule has 1 aliphatic rings. The van der Waals surface area contributed by atoms with Gasteiger partial charge in [0.1, 0.15) is 27.7 Å². The van der Waals surface area contributed by atoms with Crippen LogP contribution in [0.5, 0.6) is 0 Å². The number of aromatic nitrogens is 3. The van der Waals surface area contributed by atoms with E-state index in [2.05, 4.69) is 34.8 Å². The summed E-state index contributed by atoms with van der Waals surface area (Å²) < 4.78 is 19.5. The van der Waals surface area contributed by atoms with Crippen molar-refractivity contribution in [3.05, 3.63) is 72.5 Å². The van der Waals surface area contributed by atoms with E-state index in [0.29, 0.717) is 35.4 Å². The van der Waals surface area contributed by atoms with E-state index in [9.17, 15) is 9.18 Å². The molecule has 0 radical (unpaired) electrons. The molecule has 1 unspecified atom stereocenters. The van der Waals surface area contributed by atoms with E-state index < -0.39 is 6.04 Å². The highest BCUT2D eigenvalue weighted by Crippen LogP contribution is 2.30. The second-order valence-electron chi connectivity index (χ2n) is 10.2. The maximum atomic E-state index is 13.9. The summed E-state index contributed by atoms with van der Waals surface area (Å²) >= 11 is 1.39. The SMILES string of the molecule is CC(C)C[C@H](Nc1nc(Nc2cccc(F)c2)cc(Sc2ccc3ccccc3n2)n1)C(=O)NCC1CCCO1. The van der Waals surface area contributed by atoms with Crippen LogP contribution in [0.2, 0.25) is 0 Å². The van der Waals surface area contributed by atoms with Crippen molar-refractivity contribution in [3.8, 4) is 0 Å². The van der Waals surface area contributed by atoms with Gasteiger partial charge >= 0.3 is 0 Å². The summed E-state index contributed by atoms with van der Waals surface area (Å²) in [5, 5.41) is 11.9. The third-order valence-corrected chi connectivity index (χ3v) is 7.29. The van der Waals surface area contributed by atoms with Crippen LogP contribution in [0.4, 0.5) is 21.8 Å². The van der Waals surface area contributed by atoms with E-state index in [4.69, 9.17) is 14.7 Å². The van der Waals surface area contributed by atoms with E-state index >= 15 is 0 Å². The highest BCUT2D eigenvalue weighted by atomic mass is 32.2. The molecule has 2 atom stereocenters. The first-order chi connectivity index (χ1) is 19.4. The molecule has 1 aliphatic heterocycles. The predicted octanol–water partition coefficient (Wildman–Crippen LogP) is 6.18. The van der Waals surface area contributed by atoms with Crippen LogP contribution in [-0.2, 0) is 9.53 Å². The quantitative estimate of drug-likeness (QED) is 0.187. The normalized spacial score (nSPS) is 15.8. The smallest absolute Gasteiger partial charge is 0.242 e. The number of amides is 1. The van der Waals surface area contributed by atoms with Crippen molar-refractivity contribution >= 4 is 46.0 Å². The van der Waals surface area contributed by atoms with Crippen molar-refractivity contribution in [2.45, 2.75) is 55.3 Å². The topological polar surface area (TPSA) is 101 Å². The minimum absolute atomic E-state index is 0.0520. The number of carbonyl (C=O) groups excluding carboxylic acids is 1. The first-order valence-corrected chi connectivity index (χ1v) is 14.3. The molecule has 0 saturated carbocycles. The molecule has 0 spiro atoms. The van der Waals surface area contributed by atoms with Gasteiger partial charge in [-0.3, -0.25) is 4.79 Å². The molecule has 2 aromatic heterocycles. The van der Waals surface area contributed by atoms with Crippen molar-refractivity contribution in [2.24, 2.45) is 5.92 Å². The second kappa shape index (κ2) is 13.1. The minimum Gasteiger partial charge on any atom is -0.376 e. The van der Waals surface area contributed by atoms with Gasteiger partial charge in [-0.2, -0.15) is 4.98 Å². The highest BCUT2D eigenvalue weighted by molar-refractivity contribution is 7.99. The molecule has 2 aromatic carbocycles. The van der Waals surface area contributed by atoms with Crippen molar-refractivity contribution in [3.63, 3.8) is 0 Å². The Morgan fingerprint density at radius 3 is 2.73 bits per heavy atom. The largest absolute Gasteiger partial charge is 0.376 e. The number of nitrogens with zero attached hydrogens (tertiary/aromatic N) is 3. The molecule has 40 heavy (non-hydrogen) atoms. The molecule has 1 amide bonds. The Morgan fingerprint density at radius 1 is 1.05 bits per heavy atom. The lowest BCUT2D eigenvalue weighted by Gasteiger charge is -2.22. The first-order valence-electron chi connectivity index (χ1n) is 13.5. The second-order valence-corrected chi connectivity index (χ2v) is 11.2. The van der Waals surface area contributed by atoms with Crippen LogP contribution in [0.25, 0.3) is 10.9 Å². The number of halogens is 1. The Balaban J connectivity index is 1.40. The molecular weight excluding hydrogens is 527 g/mol. The summed E-state index contributed by atoms with van der Waals surface area (Å²) in [5.74, 6) is 0.543. The number of anilines is 3. The maximum absolute atomic E-state index is 13.9. The van der Waals surface area contributed by atoms with Crippen molar-refractivity contribution in [2.75, 3.05) is 23.8 Å². The van der Waals surface area contributed by atoms with Crippen molar-refractivity contribution in [1.29, 1.82) is 0 Å². The van der Waals surface area contributed by atoms with Crippen LogP contribution in [0.3, 0.4) is 0 Å². The van der Waals surface area contributed by atoms with E-state index in [1.165, 1.54) is 23.9 Å². The molecule has 0 aliphatic carbocycles. The highest BCUT2D eigenvalue weighted by Gasteiger charge is 2.24. The number of ether oxygens (including phenoxy) is 1. The lowest BCUT2D eigenvalue weighted by atomic mass is 10.0. The van der Waals surface area contributed by atoms with E-state index in [1.54, 1.807) is 18.2 Å². The summed E-state index contributed by atoms with van der Waals surface area (Å²) in [6, 6.07) is 19.3. The molecule has 208 valence electrons. The Bertz CT molecular complexity index is 1460. The Morgan fingerprint density at radius 2 is 1.93 bits per heavy atom. The number of hydrogen-bond donors (Lipinski definition) is 3. The first kappa shape index (κ1) is 27.8. The lowest BCUT2D eigenvalue weighted by molar-refractivity contribution is -0.122. The van der Waals surface area contributed by atoms with Crippen LogP contribution in [0.15, 0.2) is 76.8 Å². The summed E-state index contributed by atoms with van der Waals surface area (Å²) in [7, 11) is 0. The van der Waals surface area contributed by atoms with Crippen molar-refractivity contribution in [1.82, 2.24) is 20.3 Å². The minimum atomic E-state index is -0.539. The number of carbonyl (C=O) groups is 1. The molecule has 1 fully saturated rings. The van der Waals surface area contributed by atoms with E-state index in [1.807, 2.05) is 36.4 Å². The van der Waals surface area contributed by atoms with Gasteiger partial charge in [0, 0.05) is 30.3 Å². The zero-order chi connectivity index (χ0) is 27.9. The van der Waals surface area contributed by atoms with Gasteiger partial charge in [-0.05, 0) is 67.3 Å². The van der Waals surface area contributed by atoms with Crippen LogP contribution >= 0.6 is 11.8 Å². The zero-order valence-corrected chi connectivity index (χ0v) is 23.4. The van der Waals surface area contributed by atoms with Crippen LogP contribution in [0, 0.1) is 11.7 Å². The summed E-state index contributed by atoms with van der Waals surface area (Å²) in [4.78, 5) is 27.3. The molecule has 8 nitrogen and oxygen atoms in total. The molecule has 0 bridgehead atoms. The van der Waals surface area contributed by atoms with E-state index in [0.717, 1.165) is 35.4 Å². The molecule has 1 saturated heterocycles. The number of fused-ring (bicyclic) bond motifs is 1. The van der Waals surface area contributed by atoms with Crippen LogP contribution < -0.4 is 16.0 Å². The summed E-state index contributed by atoms with van der Waals surface area (Å²) in [6.07, 6.45) is 2.61. The number of pyridine rings is 1. The lowest BCUT2D eigenvalue weighted by Crippen LogP contribution is -2.43. The average Bonchev–Trinajstić information content (AvgIpc) is 3.45. The Hall–Kier alpha value is -3.76. The Kier molecular flexibility index (Phi) is 9.08. The van der Waals surface area contributed by atoms with Gasteiger partial charge in [0.05, 0.1) is 11.6 Å². The third kappa shape index (κ3) is 7.67. The fraction of sp³-hybridized carbons (Fsp3) is 0.333. The monoisotopic (exact) mass is 560 g/mol. The van der Waals surface area contributed by atoms with Gasteiger partial charge in [0.25, 0.3) is 0 Å². The van der Waals surface area contributed by atoms with Gasteiger partial charge in [-0.15, -0.1) is 0 Å². The fourth-order valence-electron chi connectivity index (χ4n) is 4.53. The van der Waals surface area contributed by atoms with E-state index in [-0.39, 0.29) is 23.7 Å². The predicted molar refractivity (Wildman–Crippen MR) is 156 cm³/mol. The molecule has 3 N–H and O–H groups in total.